The molecule has 0 saturated heterocycles. The summed E-state index contributed by atoms with van der Waals surface area (Å²) in [4.78, 5) is 2.32. The molecule has 1 aromatic heterocycles. The normalized spacial score (nSPS) is 16.1. The fourth-order valence-corrected chi connectivity index (χ4v) is 3.63. The Morgan fingerprint density at radius 3 is 2.48 bits per heavy atom. The Morgan fingerprint density at radius 2 is 1.95 bits per heavy atom. The average molecular weight is 315 g/mol. The molecular weight excluding hydrogens is 290 g/mol. The van der Waals surface area contributed by atoms with Gasteiger partial charge >= 0.3 is 0 Å². The van der Waals surface area contributed by atoms with Crippen LogP contribution in [0.15, 0.2) is 17.2 Å². The summed E-state index contributed by atoms with van der Waals surface area (Å²) in [6, 6.07) is 1.95. The molecule has 0 amide bonds. The summed E-state index contributed by atoms with van der Waals surface area (Å²) in [5.74, 6) is 0. The predicted octanol–water partition coefficient (Wildman–Crippen LogP) is 0.887. The van der Waals surface area contributed by atoms with Crippen molar-refractivity contribution in [1.82, 2.24) is 13.8 Å². The Morgan fingerprint density at radius 1 is 1.29 bits per heavy atom. The molecule has 6 nitrogen and oxygen atoms in total. The first kappa shape index (κ1) is 16.5. The number of hydrogen-bond donors (Lipinski definition) is 1. The van der Waals surface area contributed by atoms with Gasteiger partial charge in [-0.25, -0.2) is 12.7 Å². The van der Waals surface area contributed by atoms with E-state index in [4.69, 9.17) is 0 Å². The van der Waals surface area contributed by atoms with Crippen molar-refractivity contribution in [3.63, 3.8) is 0 Å². The molecule has 1 aromatic rings. The Bertz CT molecular complexity index is 576. The van der Waals surface area contributed by atoms with Gasteiger partial charge in [0.1, 0.15) is 4.90 Å². The number of aromatic nitrogens is 1. The number of sulfonamides is 1. The van der Waals surface area contributed by atoms with Gasteiger partial charge in [-0.1, -0.05) is 0 Å². The fourth-order valence-electron chi connectivity index (χ4n) is 2.37. The summed E-state index contributed by atoms with van der Waals surface area (Å²) in [5.41, 5.74) is 0.678. The molecule has 120 valence electrons. The monoisotopic (exact) mass is 315 g/mol. The van der Waals surface area contributed by atoms with Crippen LogP contribution in [0, 0.1) is 0 Å². The quantitative estimate of drug-likeness (QED) is 0.774. The van der Waals surface area contributed by atoms with Crippen LogP contribution in [0.5, 0.6) is 0 Å². The van der Waals surface area contributed by atoms with Gasteiger partial charge in [0.15, 0.2) is 0 Å². The van der Waals surface area contributed by atoms with Gasteiger partial charge in [-0.3, -0.25) is 0 Å². The highest BCUT2D eigenvalue weighted by Gasteiger charge is 2.29. The van der Waals surface area contributed by atoms with Gasteiger partial charge in [0.25, 0.3) is 0 Å². The van der Waals surface area contributed by atoms with Crippen molar-refractivity contribution in [2.45, 2.75) is 36.8 Å². The molecule has 1 saturated carbocycles. The second-order valence-electron chi connectivity index (χ2n) is 5.95. The van der Waals surface area contributed by atoms with Gasteiger partial charge in [0.2, 0.25) is 10.0 Å². The zero-order valence-electron chi connectivity index (χ0n) is 13.0. The molecular formula is C14H25N3O3S. The SMILES string of the molecule is CN(C)CCCN(C)S(=O)(=O)c1cc(CO)n(C2CC2)c1. The van der Waals surface area contributed by atoms with Crippen molar-refractivity contribution in [1.29, 1.82) is 0 Å². The first-order valence-electron chi connectivity index (χ1n) is 7.29. The summed E-state index contributed by atoms with van der Waals surface area (Å²) >= 11 is 0. The second kappa shape index (κ2) is 6.48. The van der Waals surface area contributed by atoms with Crippen molar-refractivity contribution in [3.05, 3.63) is 18.0 Å². The summed E-state index contributed by atoms with van der Waals surface area (Å²) in [5, 5.41) is 9.38. The molecule has 0 unspecified atom stereocenters. The Kier molecular flexibility index (Phi) is 5.08. The molecule has 0 bridgehead atoms. The van der Waals surface area contributed by atoms with Gasteiger partial charge in [-0.15, -0.1) is 0 Å². The maximum atomic E-state index is 12.5. The van der Waals surface area contributed by atoms with Gasteiger partial charge < -0.3 is 14.6 Å². The van der Waals surface area contributed by atoms with E-state index in [1.165, 1.54) is 4.31 Å². The van der Waals surface area contributed by atoms with Gasteiger partial charge in [-0.05, 0) is 46.0 Å². The lowest BCUT2D eigenvalue weighted by Crippen LogP contribution is -2.29. The fraction of sp³-hybridized carbons (Fsp3) is 0.714. The topological polar surface area (TPSA) is 65.8 Å². The van der Waals surface area contributed by atoms with Gasteiger partial charge in [-0.2, -0.15) is 0 Å². The minimum atomic E-state index is -3.47. The first-order valence-corrected chi connectivity index (χ1v) is 8.73. The summed E-state index contributed by atoms with van der Waals surface area (Å²) in [6.45, 7) is 1.21. The van der Waals surface area contributed by atoms with E-state index in [-0.39, 0.29) is 11.5 Å². The molecule has 0 spiro atoms. The maximum Gasteiger partial charge on any atom is 0.244 e. The van der Waals surface area contributed by atoms with Crippen LogP contribution in [-0.2, 0) is 16.6 Å². The van der Waals surface area contributed by atoms with Crippen LogP contribution in [0.25, 0.3) is 0 Å². The largest absolute Gasteiger partial charge is 0.390 e. The van der Waals surface area contributed by atoms with E-state index in [9.17, 15) is 13.5 Å². The zero-order valence-corrected chi connectivity index (χ0v) is 13.8. The highest BCUT2D eigenvalue weighted by atomic mass is 32.2. The third kappa shape index (κ3) is 3.85. The average Bonchev–Trinajstić information content (AvgIpc) is 3.16. The number of hydrogen-bond acceptors (Lipinski definition) is 4. The Hall–Kier alpha value is -0.890. The lowest BCUT2D eigenvalue weighted by atomic mass is 10.4. The minimum absolute atomic E-state index is 0.129. The van der Waals surface area contributed by atoms with Crippen LogP contribution in [0.3, 0.4) is 0 Å². The van der Waals surface area contributed by atoms with Gasteiger partial charge in [0.05, 0.1) is 6.61 Å². The summed E-state index contributed by atoms with van der Waals surface area (Å²) in [7, 11) is 2.08. The van der Waals surface area contributed by atoms with Crippen molar-refractivity contribution in [2.75, 3.05) is 34.2 Å². The Labute approximate surface area is 127 Å². The maximum absolute atomic E-state index is 12.5. The predicted molar refractivity (Wildman–Crippen MR) is 81.6 cm³/mol. The molecule has 2 rings (SSSR count). The standard InChI is InChI=1S/C14H25N3O3S/c1-15(2)7-4-8-16(3)21(19,20)14-9-13(11-18)17(10-14)12-5-6-12/h9-10,12,18H,4-8,11H2,1-3H3. The lowest BCUT2D eigenvalue weighted by Gasteiger charge is -2.17. The molecule has 0 aromatic carbocycles. The van der Waals surface area contributed by atoms with E-state index in [0.29, 0.717) is 18.3 Å². The van der Waals surface area contributed by atoms with Crippen molar-refractivity contribution in [3.8, 4) is 0 Å². The highest BCUT2D eigenvalue weighted by Crippen LogP contribution is 2.37. The van der Waals surface area contributed by atoms with Crippen LogP contribution >= 0.6 is 0 Å². The lowest BCUT2D eigenvalue weighted by molar-refractivity contribution is 0.270. The van der Waals surface area contributed by atoms with Crippen LogP contribution < -0.4 is 0 Å². The molecule has 21 heavy (non-hydrogen) atoms. The third-order valence-corrected chi connectivity index (χ3v) is 5.62. The zero-order chi connectivity index (χ0) is 15.6. The smallest absolute Gasteiger partial charge is 0.244 e. The number of aliphatic hydroxyl groups is 1. The molecule has 1 N–H and O–H groups in total. The molecule has 1 aliphatic rings. The van der Waals surface area contributed by atoms with Crippen LogP contribution in [0.1, 0.15) is 31.0 Å². The van der Waals surface area contributed by atoms with E-state index >= 15 is 0 Å². The summed E-state index contributed by atoms with van der Waals surface area (Å²) < 4.78 is 28.4. The molecule has 1 fully saturated rings. The molecule has 1 heterocycles. The second-order valence-corrected chi connectivity index (χ2v) is 7.99. The minimum Gasteiger partial charge on any atom is -0.390 e. The molecule has 1 aliphatic carbocycles. The van der Waals surface area contributed by atoms with E-state index in [2.05, 4.69) is 0 Å². The van der Waals surface area contributed by atoms with E-state index < -0.39 is 10.0 Å². The van der Waals surface area contributed by atoms with E-state index in [1.807, 2.05) is 23.6 Å². The molecule has 7 heteroatoms. The number of rotatable bonds is 8. The molecule has 0 radical (unpaired) electrons. The first-order chi connectivity index (χ1) is 9.86. The van der Waals surface area contributed by atoms with E-state index in [1.54, 1.807) is 19.3 Å². The third-order valence-electron chi connectivity index (χ3n) is 3.80. The number of nitrogens with zero attached hydrogens (tertiary/aromatic N) is 3. The summed E-state index contributed by atoms with van der Waals surface area (Å²) in [6.07, 6.45) is 4.57. The van der Waals surface area contributed by atoms with Crippen molar-refractivity contribution >= 4 is 10.0 Å². The molecule has 0 atom stereocenters. The van der Waals surface area contributed by atoms with Crippen LogP contribution in [0.4, 0.5) is 0 Å². The van der Waals surface area contributed by atoms with Crippen LogP contribution in [-0.4, -0.2) is 61.5 Å². The Balaban J connectivity index is 2.11. The highest BCUT2D eigenvalue weighted by molar-refractivity contribution is 7.89. The molecule has 0 aliphatic heterocycles. The number of aliphatic hydroxyl groups excluding tert-OH is 1. The van der Waals surface area contributed by atoms with Crippen molar-refractivity contribution < 1.29 is 13.5 Å². The van der Waals surface area contributed by atoms with Crippen LogP contribution in [0.2, 0.25) is 0 Å². The van der Waals surface area contributed by atoms with Crippen molar-refractivity contribution in [2.24, 2.45) is 0 Å². The van der Waals surface area contributed by atoms with E-state index in [0.717, 1.165) is 25.8 Å². The van der Waals surface area contributed by atoms with Gasteiger partial charge in [0, 0.05) is 31.5 Å².